The first-order valence-electron chi connectivity index (χ1n) is 31.1. The Kier molecular flexibility index (Phi) is 20.4. The van der Waals surface area contributed by atoms with E-state index in [1.54, 1.807) is 5.57 Å². The third kappa shape index (κ3) is 12.5. The zero-order valence-corrected chi connectivity index (χ0v) is 48.1. The van der Waals surface area contributed by atoms with Crippen LogP contribution in [0, 0.1) is 80.8 Å². The molecule has 6 saturated carbocycles. The number of carbonyl (C=O) groups excluding carboxylic acids is 3. The third-order valence-corrected chi connectivity index (χ3v) is 22.8. The number of hydrogen-bond donors (Lipinski definition) is 1. The monoisotopic (exact) mass is 1000 g/mol. The highest BCUT2D eigenvalue weighted by atomic mass is 16.5. The van der Waals surface area contributed by atoms with Gasteiger partial charge in [-0.3, -0.25) is 14.4 Å². The summed E-state index contributed by atoms with van der Waals surface area (Å²) in [6, 6.07) is 0. The van der Waals surface area contributed by atoms with Crippen LogP contribution in [0.3, 0.4) is 0 Å². The fourth-order valence-electron chi connectivity index (χ4n) is 18.9. The number of aliphatic hydroxyl groups excluding tert-OH is 1. The normalized spacial score (nSPS) is 38.1. The number of nitrogens with zero attached hydrogens (tertiary/aromatic N) is 1. The molecule has 15 unspecified atom stereocenters. The maximum atomic E-state index is 13.1. The average Bonchev–Trinajstić information content (AvgIpc) is 3.90. The molecule has 8 rings (SSSR count). The molecule has 7 heteroatoms. The van der Waals surface area contributed by atoms with Gasteiger partial charge in [-0.1, -0.05) is 124 Å². The van der Waals surface area contributed by atoms with Gasteiger partial charge >= 0.3 is 11.9 Å². The Hall–Kier alpha value is -1.99. The van der Waals surface area contributed by atoms with Crippen LogP contribution in [-0.4, -0.2) is 66.2 Å². The molecule has 0 saturated heterocycles. The van der Waals surface area contributed by atoms with Gasteiger partial charge in [0.2, 0.25) is 0 Å². The molecule has 15 atom stereocenters. The SMILES string of the molecule is CC.CC(=O)C1CCC2C3CC=C4CC(OC(=O)CCCCCCN(CCO)CCCCCC(=O)OC5CCC6(C)C(=CCC7C6CCC6(C)C(C(C)CCCC(C)C)CCC76)C5)CCC4(C)C3CCC12C. The standard InChI is InChI=1S/C63H103NO6.C2H6/c1-43(2)17-16-18-44(3)52-25-27-54-50-23-21-46-41-49(29-33-60(46,5)56(50)31-35-62(52,54)7)70-59(68)20-13-11-15-38-64(39-40-65)37-14-10-9-12-19-58(67)69-48-30-34-61(6)47(42-48)22-24-51-55-28-26-53(45(4)66)63(55,8)36-32-57(51)61;1-2/h21-22,43-44,48-57,65H,9-20,23-42H2,1-8H3;1-2H3. The summed E-state index contributed by atoms with van der Waals surface area (Å²) in [6.45, 7) is 26.1. The zero-order valence-electron chi connectivity index (χ0n) is 48.1. The smallest absolute Gasteiger partial charge is 0.306 e. The highest BCUT2D eigenvalue weighted by molar-refractivity contribution is 5.79. The van der Waals surface area contributed by atoms with E-state index < -0.39 is 0 Å². The maximum absolute atomic E-state index is 13.1. The van der Waals surface area contributed by atoms with E-state index >= 15 is 0 Å². The van der Waals surface area contributed by atoms with Crippen molar-refractivity contribution in [2.24, 2.45) is 80.8 Å². The minimum absolute atomic E-state index is 0.00644. The van der Waals surface area contributed by atoms with E-state index in [2.05, 4.69) is 65.5 Å². The van der Waals surface area contributed by atoms with E-state index in [-0.39, 0.29) is 52.9 Å². The van der Waals surface area contributed by atoms with Crippen molar-refractivity contribution in [1.29, 1.82) is 0 Å². The molecule has 410 valence electrons. The van der Waals surface area contributed by atoms with Crippen molar-refractivity contribution in [1.82, 2.24) is 4.90 Å². The number of allylic oxidation sites excluding steroid dienone is 2. The molecule has 72 heavy (non-hydrogen) atoms. The van der Waals surface area contributed by atoms with Gasteiger partial charge in [0.05, 0.1) is 6.61 Å². The minimum atomic E-state index is -0.0361. The Morgan fingerprint density at radius 3 is 1.62 bits per heavy atom. The number of carbonyl (C=O) groups is 3. The molecule has 0 heterocycles. The molecular weight excluding hydrogens is 891 g/mol. The van der Waals surface area contributed by atoms with Gasteiger partial charge in [0.25, 0.3) is 0 Å². The number of hydrogen-bond acceptors (Lipinski definition) is 7. The number of esters is 2. The number of unbranched alkanes of at least 4 members (excludes halogenated alkanes) is 5. The first-order valence-corrected chi connectivity index (χ1v) is 31.1. The van der Waals surface area contributed by atoms with Gasteiger partial charge in [0.1, 0.15) is 18.0 Å². The Morgan fingerprint density at radius 1 is 0.597 bits per heavy atom. The van der Waals surface area contributed by atoms with Gasteiger partial charge < -0.3 is 19.5 Å². The summed E-state index contributed by atoms with van der Waals surface area (Å²) >= 11 is 0. The molecule has 8 aliphatic rings. The lowest BCUT2D eigenvalue weighted by Gasteiger charge is -2.58. The van der Waals surface area contributed by atoms with Crippen LogP contribution in [0.4, 0.5) is 0 Å². The molecule has 6 fully saturated rings. The second-order valence-corrected chi connectivity index (χ2v) is 27.1. The fraction of sp³-hybridized carbons (Fsp3) is 0.892. The Balaban J connectivity index is 0.00000376. The molecule has 0 spiro atoms. The summed E-state index contributed by atoms with van der Waals surface area (Å²) in [7, 11) is 0. The quantitative estimate of drug-likeness (QED) is 0.0619. The molecule has 0 aromatic carbocycles. The van der Waals surface area contributed by atoms with Crippen LogP contribution in [0.2, 0.25) is 0 Å². The number of fused-ring (bicyclic) bond motifs is 10. The molecule has 8 aliphatic carbocycles. The van der Waals surface area contributed by atoms with Crippen LogP contribution >= 0.6 is 0 Å². The average molecular weight is 1000 g/mol. The van der Waals surface area contributed by atoms with E-state index in [9.17, 15) is 19.5 Å². The van der Waals surface area contributed by atoms with Crippen molar-refractivity contribution in [3.8, 4) is 0 Å². The molecule has 0 aromatic heterocycles. The van der Waals surface area contributed by atoms with E-state index in [4.69, 9.17) is 9.47 Å². The zero-order chi connectivity index (χ0) is 51.8. The molecule has 7 nitrogen and oxygen atoms in total. The fourth-order valence-corrected chi connectivity index (χ4v) is 18.9. The van der Waals surface area contributed by atoms with Crippen LogP contribution in [-0.2, 0) is 23.9 Å². The van der Waals surface area contributed by atoms with E-state index in [0.29, 0.717) is 48.3 Å². The summed E-state index contributed by atoms with van der Waals surface area (Å²) < 4.78 is 12.3. The Bertz CT molecular complexity index is 1850. The lowest BCUT2D eigenvalue weighted by molar-refractivity contribution is -0.152. The Labute approximate surface area is 441 Å². The summed E-state index contributed by atoms with van der Waals surface area (Å²) in [6.07, 6.45) is 36.1. The third-order valence-electron chi connectivity index (χ3n) is 22.8. The molecule has 0 aliphatic heterocycles. The first-order chi connectivity index (χ1) is 34.5. The number of aliphatic hydroxyl groups is 1. The van der Waals surface area contributed by atoms with Crippen molar-refractivity contribution in [2.45, 2.75) is 261 Å². The summed E-state index contributed by atoms with van der Waals surface area (Å²) in [5.74, 6) is 7.69. The van der Waals surface area contributed by atoms with Gasteiger partial charge in [0.15, 0.2) is 0 Å². The van der Waals surface area contributed by atoms with Gasteiger partial charge in [-0.25, -0.2) is 0 Å². The summed E-state index contributed by atoms with van der Waals surface area (Å²) in [5, 5.41) is 9.78. The minimum Gasteiger partial charge on any atom is -0.462 e. The van der Waals surface area contributed by atoms with Crippen molar-refractivity contribution >= 4 is 17.7 Å². The van der Waals surface area contributed by atoms with Crippen LogP contribution in [0.25, 0.3) is 0 Å². The van der Waals surface area contributed by atoms with Gasteiger partial charge in [0, 0.05) is 38.1 Å². The molecule has 0 amide bonds. The van der Waals surface area contributed by atoms with Crippen LogP contribution in [0.15, 0.2) is 23.3 Å². The predicted octanol–water partition coefficient (Wildman–Crippen LogP) is 15.9. The molecule has 1 N–H and O–H groups in total. The second kappa shape index (κ2) is 25.4. The number of ketones is 1. The summed E-state index contributed by atoms with van der Waals surface area (Å²) in [4.78, 5) is 41.1. The van der Waals surface area contributed by atoms with Crippen molar-refractivity contribution in [2.75, 3.05) is 26.2 Å². The first kappa shape index (κ1) is 57.7. The van der Waals surface area contributed by atoms with Gasteiger partial charge in [-0.2, -0.15) is 0 Å². The van der Waals surface area contributed by atoms with Crippen LogP contribution in [0.1, 0.15) is 249 Å². The molecule has 0 aromatic rings. The molecule has 0 radical (unpaired) electrons. The van der Waals surface area contributed by atoms with Crippen molar-refractivity contribution < 1.29 is 29.0 Å². The van der Waals surface area contributed by atoms with Crippen molar-refractivity contribution in [3.63, 3.8) is 0 Å². The van der Waals surface area contributed by atoms with Crippen LogP contribution in [0.5, 0.6) is 0 Å². The maximum Gasteiger partial charge on any atom is 0.306 e. The Morgan fingerprint density at radius 2 is 1.10 bits per heavy atom. The number of Topliss-reactive ketones (excluding diaryl/α,β-unsaturated/α-hetero) is 1. The van der Waals surface area contributed by atoms with E-state index in [0.717, 1.165) is 145 Å². The number of rotatable bonds is 23. The lowest BCUT2D eigenvalue weighted by atomic mass is 9.47. The van der Waals surface area contributed by atoms with Gasteiger partial charge in [-0.15, -0.1) is 0 Å². The highest BCUT2D eigenvalue weighted by Crippen LogP contribution is 2.69. The summed E-state index contributed by atoms with van der Waals surface area (Å²) in [5.41, 5.74) is 4.32. The lowest BCUT2D eigenvalue weighted by Crippen LogP contribution is -2.51. The molecular formula is C65H109NO6. The topological polar surface area (TPSA) is 93.1 Å². The van der Waals surface area contributed by atoms with Gasteiger partial charge in [-0.05, 0) is 211 Å². The van der Waals surface area contributed by atoms with Crippen molar-refractivity contribution in [3.05, 3.63) is 23.3 Å². The predicted molar refractivity (Wildman–Crippen MR) is 295 cm³/mol. The van der Waals surface area contributed by atoms with E-state index in [1.807, 2.05) is 20.8 Å². The number of ether oxygens (including phenoxy) is 2. The van der Waals surface area contributed by atoms with E-state index in [1.165, 1.54) is 76.2 Å². The molecule has 0 bridgehead atoms. The largest absolute Gasteiger partial charge is 0.462 e. The second-order valence-electron chi connectivity index (χ2n) is 27.1. The van der Waals surface area contributed by atoms with Crippen LogP contribution < -0.4 is 0 Å². The highest BCUT2D eigenvalue weighted by Gasteiger charge is 2.61.